The average molecular weight is 241 g/mol. The van der Waals surface area contributed by atoms with Crippen LogP contribution in [0.15, 0.2) is 0 Å². The van der Waals surface area contributed by atoms with Gasteiger partial charge in [0.2, 0.25) is 0 Å². The summed E-state index contributed by atoms with van der Waals surface area (Å²) in [4.78, 5) is 2.41. The largest absolute Gasteiger partial charge is 0.389 e. The van der Waals surface area contributed by atoms with Crippen LogP contribution in [0.2, 0.25) is 0 Å². The first-order valence-electron chi connectivity index (χ1n) is 7.06. The summed E-state index contributed by atoms with van der Waals surface area (Å²) in [6.07, 6.45) is 4.58. The third kappa shape index (κ3) is 3.43. The number of β-amino-alcohol motifs (C(OH)–C–C–N with tert-alkyl or cyclic N) is 1. The minimum absolute atomic E-state index is 0.303. The second kappa shape index (κ2) is 5.25. The summed E-state index contributed by atoms with van der Waals surface area (Å²) < 4.78 is 5.64. The maximum atomic E-state index is 10.7. The van der Waals surface area contributed by atoms with Crippen molar-refractivity contribution in [1.29, 1.82) is 0 Å². The summed E-state index contributed by atoms with van der Waals surface area (Å²) >= 11 is 0. The average Bonchev–Trinajstić information content (AvgIpc) is 2.28. The van der Waals surface area contributed by atoms with Gasteiger partial charge in [0.05, 0.1) is 18.3 Å². The number of nitrogens with zero attached hydrogens (tertiary/aromatic N) is 1. The van der Waals surface area contributed by atoms with Crippen LogP contribution in [-0.4, -0.2) is 47.4 Å². The van der Waals surface area contributed by atoms with E-state index in [-0.39, 0.29) is 0 Å². The van der Waals surface area contributed by atoms with E-state index in [1.807, 2.05) is 0 Å². The van der Waals surface area contributed by atoms with Crippen molar-refractivity contribution in [1.82, 2.24) is 4.90 Å². The molecule has 2 fully saturated rings. The lowest BCUT2D eigenvalue weighted by Gasteiger charge is -2.43. The predicted octanol–water partition coefficient (Wildman–Crippen LogP) is 2.04. The molecule has 17 heavy (non-hydrogen) atoms. The maximum Gasteiger partial charge on any atom is 0.0774 e. The van der Waals surface area contributed by atoms with E-state index >= 15 is 0 Å². The number of rotatable bonds is 2. The van der Waals surface area contributed by atoms with Crippen molar-refractivity contribution < 1.29 is 9.84 Å². The third-order valence-electron chi connectivity index (χ3n) is 4.44. The Morgan fingerprint density at radius 2 is 1.88 bits per heavy atom. The standard InChI is InChI=1S/C14H27NO2/c1-11-4-6-14(16,7-5-11)10-15-8-13(3)17-9-12(15)2/h11-13,16H,4-10H2,1-3H3. The molecule has 0 radical (unpaired) electrons. The van der Waals surface area contributed by atoms with Gasteiger partial charge in [-0.2, -0.15) is 0 Å². The van der Waals surface area contributed by atoms with Crippen molar-refractivity contribution >= 4 is 0 Å². The molecule has 2 atom stereocenters. The molecular formula is C14H27NO2. The quantitative estimate of drug-likeness (QED) is 0.803. The van der Waals surface area contributed by atoms with Crippen molar-refractivity contribution in [2.24, 2.45) is 5.92 Å². The highest BCUT2D eigenvalue weighted by molar-refractivity contribution is 4.90. The molecule has 1 N–H and O–H groups in total. The number of hydrogen-bond donors (Lipinski definition) is 1. The molecule has 2 rings (SSSR count). The molecule has 100 valence electrons. The lowest BCUT2D eigenvalue weighted by atomic mass is 9.79. The Balaban J connectivity index is 1.90. The fourth-order valence-electron chi connectivity index (χ4n) is 3.03. The molecule has 2 aliphatic rings. The van der Waals surface area contributed by atoms with Gasteiger partial charge in [-0.15, -0.1) is 0 Å². The van der Waals surface area contributed by atoms with Gasteiger partial charge in [0.15, 0.2) is 0 Å². The molecule has 0 spiro atoms. The van der Waals surface area contributed by atoms with Crippen LogP contribution in [0.1, 0.15) is 46.5 Å². The van der Waals surface area contributed by atoms with E-state index in [0.717, 1.165) is 38.5 Å². The van der Waals surface area contributed by atoms with Gasteiger partial charge in [-0.1, -0.05) is 6.92 Å². The topological polar surface area (TPSA) is 32.7 Å². The summed E-state index contributed by atoms with van der Waals surface area (Å²) in [5, 5.41) is 10.7. The second-order valence-electron chi connectivity index (χ2n) is 6.33. The van der Waals surface area contributed by atoms with E-state index in [1.165, 1.54) is 12.8 Å². The van der Waals surface area contributed by atoms with Crippen molar-refractivity contribution in [2.45, 2.75) is 64.2 Å². The molecule has 1 saturated heterocycles. The molecule has 1 aliphatic heterocycles. The van der Waals surface area contributed by atoms with Gasteiger partial charge in [0.1, 0.15) is 0 Å². The minimum Gasteiger partial charge on any atom is -0.389 e. The number of ether oxygens (including phenoxy) is 1. The van der Waals surface area contributed by atoms with Crippen molar-refractivity contribution in [3.63, 3.8) is 0 Å². The summed E-state index contributed by atoms with van der Waals surface area (Å²) in [6.45, 7) is 9.19. The number of morpholine rings is 1. The molecule has 0 aromatic rings. The van der Waals surface area contributed by atoms with Gasteiger partial charge in [0, 0.05) is 19.1 Å². The van der Waals surface area contributed by atoms with Crippen LogP contribution in [-0.2, 0) is 4.74 Å². The Hall–Kier alpha value is -0.120. The molecule has 1 heterocycles. The van der Waals surface area contributed by atoms with Gasteiger partial charge < -0.3 is 9.84 Å². The van der Waals surface area contributed by atoms with Gasteiger partial charge in [-0.25, -0.2) is 0 Å². The van der Waals surface area contributed by atoms with Crippen molar-refractivity contribution in [2.75, 3.05) is 19.7 Å². The molecule has 3 heteroatoms. The van der Waals surface area contributed by atoms with Crippen LogP contribution in [0.4, 0.5) is 0 Å². The van der Waals surface area contributed by atoms with Gasteiger partial charge in [-0.05, 0) is 45.4 Å². The lowest BCUT2D eigenvalue weighted by molar-refractivity contribution is -0.0955. The molecule has 2 unspecified atom stereocenters. The minimum atomic E-state index is -0.447. The highest BCUT2D eigenvalue weighted by Crippen LogP contribution is 2.33. The van der Waals surface area contributed by atoms with Crippen molar-refractivity contribution in [3.8, 4) is 0 Å². The zero-order chi connectivity index (χ0) is 12.5. The fourth-order valence-corrected chi connectivity index (χ4v) is 3.03. The molecular weight excluding hydrogens is 214 g/mol. The number of hydrogen-bond acceptors (Lipinski definition) is 3. The Bertz CT molecular complexity index is 249. The first-order chi connectivity index (χ1) is 7.98. The molecule has 0 amide bonds. The molecule has 3 nitrogen and oxygen atoms in total. The summed E-state index contributed by atoms with van der Waals surface area (Å²) in [5.41, 5.74) is -0.447. The first-order valence-corrected chi connectivity index (χ1v) is 7.06. The molecule has 1 saturated carbocycles. The zero-order valence-electron chi connectivity index (χ0n) is 11.5. The molecule has 0 aromatic carbocycles. The number of aliphatic hydroxyl groups is 1. The highest BCUT2D eigenvalue weighted by atomic mass is 16.5. The lowest BCUT2D eigenvalue weighted by Crippen LogP contribution is -2.54. The van der Waals surface area contributed by atoms with Crippen LogP contribution in [0.3, 0.4) is 0 Å². The monoisotopic (exact) mass is 241 g/mol. The Morgan fingerprint density at radius 3 is 2.53 bits per heavy atom. The van der Waals surface area contributed by atoms with E-state index in [2.05, 4.69) is 25.7 Å². The first kappa shape index (κ1) is 13.3. The van der Waals surface area contributed by atoms with Gasteiger partial charge in [-0.3, -0.25) is 4.90 Å². The Kier molecular flexibility index (Phi) is 4.11. The highest BCUT2D eigenvalue weighted by Gasteiger charge is 2.36. The summed E-state index contributed by atoms with van der Waals surface area (Å²) in [6, 6.07) is 0.439. The maximum absolute atomic E-state index is 10.7. The van der Waals surface area contributed by atoms with Crippen LogP contribution in [0, 0.1) is 5.92 Å². The van der Waals surface area contributed by atoms with E-state index in [9.17, 15) is 5.11 Å². The van der Waals surface area contributed by atoms with E-state index in [4.69, 9.17) is 4.74 Å². The van der Waals surface area contributed by atoms with E-state index in [0.29, 0.717) is 12.1 Å². The summed E-state index contributed by atoms with van der Waals surface area (Å²) in [5.74, 6) is 0.788. The second-order valence-corrected chi connectivity index (χ2v) is 6.33. The smallest absolute Gasteiger partial charge is 0.0774 e. The third-order valence-corrected chi connectivity index (χ3v) is 4.44. The predicted molar refractivity (Wildman–Crippen MR) is 69.0 cm³/mol. The Labute approximate surface area is 105 Å². The van der Waals surface area contributed by atoms with Crippen molar-refractivity contribution in [3.05, 3.63) is 0 Å². The zero-order valence-corrected chi connectivity index (χ0v) is 11.5. The van der Waals surface area contributed by atoms with Crippen LogP contribution in [0.25, 0.3) is 0 Å². The fraction of sp³-hybridized carbons (Fsp3) is 1.00. The van der Waals surface area contributed by atoms with E-state index < -0.39 is 5.60 Å². The SMILES string of the molecule is CC1CCC(O)(CN2CC(C)OCC2C)CC1. The van der Waals surface area contributed by atoms with Crippen LogP contribution in [0.5, 0.6) is 0 Å². The molecule has 0 bridgehead atoms. The molecule has 0 aromatic heterocycles. The normalized spacial score (nSPS) is 44.8. The van der Waals surface area contributed by atoms with E-state index in [1.54, 1.807) is 0 Å². The summed E-state index contributed by atoms with van der Waals surface area (Å²) in [7, 11) is 0. The van der Waals surface area contributed by atoms with Gasteiger partial charge >= 0.3 is 0 Å². The molecule has 1 aliphatic carbocycles. The Morgan fingerprint density at radius 1 is 1.24 bits per heavy atom. The van der Waals surface area contributed by atoms with Crippen LogP contribution < -0.4 is 0 Å². The van der Waals surface area contributed by atoms with Gasteiger partial charge in [0.25, 0.3) is 0 Å². The van der Waals surface area contributed by atoms with Crippen LogP contribution >= 0.6 is 0 Å².